The van der Waals surface area contributed by atoms with Gasteiger partial charge >= 0.3 is 7.12 Å². The number of allylic oxidation sites excluding steroid dienone is 4. The van der Waals surface area contributed by atoms with Gasteiger partial charge in [-0.15, -0.1) is 0 Å². The zero-order valence-electron chi connectivity index (χ0n) is 12.7. The highest BCUT2D eigenvalue weighted by atomic mass is 16.4. The van der Waals surface area contributed by atoms with Crippen molar-refractivity contribution in [2.45, 2.75) is 6.42 Å². The van der Waals surface area contributed by atoms with Gasteiger partial charge in [-0.05, 0) is 35.4 Å². The van der Waals surface area contributed by atoms with Crippen LogP contribution in [-0.4, -0.2) is 26.8 Å². The predicted octanol–water partition coefficient (Wildman–Crippen LogP) is 0.570. The molecule has 0 saturated carbocycles. The Morgan fingerprint density at radius 3 is 2.83 bits per heavy atom. The lowest BCUT2D eigenvalue weighted by molar-refractivity contribution is 0.423. The molecule has 0 bridgehead atoms. The molecule has 6 heteroatoms. The molecule has 0 fully saturated rings. The van der Waals surface area contributed by atoms with Crippen LogP contribution >= 0.6 is 0 Å². The van der Waals surface area contributed by atoms with Crippen molar-refractivity contribution in [1.82, 2.24) is 4.57 Å². The highest BCUT2D eigenvalue weighted by Crippen LogP contribution is 2.21. The number of aromatic nitrogens is 1. The van der Waals surface area contributed by atoms with Gasteiger partial charge in [0, 0.05) is 18.3 Å². The van der Waals surface area contributed by atoms with Crippen LogP contribution in [0.15, 0.2) is 59.7 Å². The zero-order valence-corrected chi connectivity index (χ0v) is 12.7. The molecule has 0 aliphatic heterocycles. The van der Waals surface area contributed by atoms with Crippen LogP contribution in [0.5, 0.6) is 5.75 Å². The summed E-state index contributed by atoms with van der Waals surface area (Å²) in [6.07, 6.45) is 8.93. The van der Waals surface area contributed by atoms with E-state index in [1.807, 2.05) is 30.4 Å². The molecule has 0 atom stereocenters. The van der Waals surface area contributed by atoms with Crippen molar-refractivity contribution in [1.29, 1.82) is 0 Å². The molecule has 0 spiro atoms. The van der Waals surface area contributed by atoms with Gasteiger partial charge in [-0.3, -0.25) is 4.79 Å². The molecule has 3 rings (SSSR count). The van der Waals surface area contributed by atoms with Gasteiger partial charge in [-0.2, -0.15) is 0 Å². The van der Waals surface area contributed by atoms with Crippen LogP contribution in [0.2, 0.25) is 0 Å². The Kier molecular flexibility index (Phi) is 4.38. The van der Waals surface area contributed by atoms with E-state index in [1.54, 1.807) is 12.1 Å². The number of rotatable bonds is 3. The second-order valence-electron chi connectivity index (χ2n) is 5.28. The topological polar surface area (TPSA) is 82.7 Å². The summed E-state index contributed by atoms with van der Waals surface area (Å²) in [5.74, 6) is 5.35. The lowest BCUT2D eigenvalue weighted by Crippen LogP contribution is -2.42. The smallest absolute Gasteiger partial charge is 0.494 e. The quantitative estimate of drug-likeness (QED) is 0.571. The van der Waals surface area contributed by atoms with E-state index in [1.165, 1.54) is 17.0 Å². The Balaban J connectivity index is 2.07. The molecule has 0 amide bonds. The molecule has 24 heavy (non-hydrogen) atoms. The van der Waals surface area contributed by atoms with Crippen molar-refractivity contribution in [3.05, 3.63) is 70.7 Å². The first kappa shape index (κ1) is 15.9. The van der Waals surface area contributed by atoms with Crippen LogP contribution in [0.3, 0.4) is 0 Å². The Morgan fingerprint density at radius 1 is 1.21 bits per heavy atom. The molecule has 1 heterocycles. The molecular formula is C18H14BNO4. The van der Waals surface area contributed by atoms with Crippen molar-refractivity contribution < 1.29 is 15.2 Å². The molecule has 1 aromatic heterocycles. The van der Waals surface area contributed by atoms with Crippen LogP contribution in [0.25, 0.3) is 11.3 Å². The van der Waals surface area contributed by atoms with Crippen LogP contribution < -0.4 is 10.9 Å². The van der Waals surface area contributed by atoms with E-state index >= 15 is 0 Å². The average Bonchev–Trinajstić information content (AvgIpc) is 2.86. The SMILES string of the molecule is O=c1c(O)cn(-c2cccc(C3=CCC#CC=C3)c2)cc1B(O)O. The minimum absolute atomic E-state index is 0.289. The fraction of sp³-hybridized carbons (Fsp3) is 0.0556. The summed E-state index contributed by atoms with van der Waals surface area (Å²) in [6.45, 7) is 0. The second kappa shape index (κ2) is 6.63. The number of pyridine rings is 1. The summed E-state index contributed by atoms with van der Waals surface area (Å²) in [5, 5.41) is 28.3. The van der Waals surface area contributed by atoms with E-state index in [0.29, 0.717) is 12.1 Å². The Labute approximate surface area is 139 Å². The van der Waals surface area contributed by atoms with Gasteiger partial charge in [0.1, 0.15) is 0 Å². The largest absolute Gasteiger partial charge is 0.503 e. The molecule has 3 N–H and O–H groups in total. The zero-order chi connectivity index (χ0) is 17.1. The van der Waals surface area contributed by atoms with Gasteiger partial charge in [0.15, 0.2) is 5.75 Å². The fourth-order valence-corrected chi connectivity index (χ4v) is 2.46. The normalized spacial score (nSPS) is 12.8. The summed E-state index contributed by atoms with van der Waals surface area (Å²) in [6, 6.07) is 7.45. The summed E-state index contributed by atoms with van der Waals surface area (Å²) in [7, 11) is -1.95. The maximum Gasteiger partial charge on any atom is 0.494 e. The lowest BCUT2D eigenvalue weighted by Gasteiger charge is -2.11. The van der Waals surface area contributed by atoms with E-state index in [0.717, 1.165) is 11.1 Å². The highest BCUT2D eigenvalue weighted by Gasteiger charge is 2.19. The predicted molar refractivity (Wildman–Crippen MR) is 93.0 cm³/mol. The molecule has 1 aliphatic carbocycles. The molecule has 1 aliphatic rings. The van der Waals surface area contributed by atoms with Crippen molar-refractivity contribution in [3.63, 3.8) is 0 Å². The van der Waals surface area contributed by atoms with Gasteiger partial charge in [-0.1, -0.05) is 30.0 Å². The third-order valence-corrected chi connectivity index (χ3v) is 3.66. The van der Waals surface area contributed by atoms with Gasteiger partial charge in [0.05, 0.1) is 11.7 Å². The molecule has 0 radical (unpaired) electrons. The number of aromatic hydroxyl groups is 1. The second-order valence-corrected chi connectivity index (χ2v) is 5.28. The summed E-state index contributed by atoms with van der Waals surface area (Å²) < 4.78 is 1.48. The minimum Gasteiger partial charge on any atom is -0.503 e. The number of nitrogens with zero attached hydrogens (tertiary/aromatic N) is 1. The van der Waals surface area contributed by atoms with Crippen LogP contribution in [0, 0.1) is 11.8 Å². The van der Waals surface area contributed by atoms with Gasteiger partial charge in [-0.25, -0.2) is 0 Å². The Hall–Kier alpha value is -3.01. The van der Waals surface area contributed by atoms with Crippen molar-refractivity contribution >= 4 is 18.2 Å². The van der Waals surface area contributed by atoms with Crippen molar-refractivity contribution in [2.24, 2.45) is 0 Å². The monoisotopic (exact) mass is 319 g/mol. The standard InChI is InChI=1S/C18H14BNO4/c21-17-12-20(11-16(18(17)22)19(23)24)15-9-5-8-14(10-15)13-6-3-1-2-4-7-13/h3,5-12,21,23-24H,4H2. The number of hydrogen-bond acceptors (Lipinski definition) is 4. The molecular weight excluding hydrogens is 305 g/mol. The van der Waals surface area contributed by atoms with E-state index in [-0.39, 0.29) is 5.46 Å². The first-order valence-corrected chi connectivity index (χ1v) is 7.33. The highest BCUT2D eigenvalue weighted by molar-refractivity contribution is 6.58. The van der Waals surface area contributed by atoms with Crippen molar-refractivity contribution in [2.75, 3.05) is 0 Å². The first-order valence-electron chi connectivity index (χ1n) is 7.33. The van der Waals surface area contributed by atoms with E-state index in [4.69, 9.17) is 0 Å². The lowest BCUT2D eigenvalue weighted by atomic mass is 9.81. The average molecular weight is 319 g/mol. The third kappa shape index (κ3) is 3.18. The molecule has 5 nitrogen and oxygen atoms in total. The fourth-order valence-electron chi connectivity index (χ4n) is 2.46. The maximum absolute atomic E-state index is 11.7. The minimum atomic E-state index is -1.95. The van der Waals surface area contributed by atoms with E-state index in [2.05, 4.69) is 11.8 Å². The third-order valence-electron chi connectivity index (χ3n) is 3.66. The van der Waals surface area contributed by atoms with Crippen LogP contribution in [-0.2, 0) is 0 Å². The number of benzene rings is 1. The molecule has 1 aromatic carbocycles. The number of hydrogen-bond donors (Lipinski definition) is 3. The van der Waals surface area contributed by atoms with Crippen LogP contribution in [0.4, 0.5) is 0 Å². The van der Waals surface area contributed by atoms with Crippen molar-refractivity contribution in [3.8, 4) is 23.3 Å². The Morgan fingerprint density at radius 2 is 2.04 bits per heavy atom. The Bertz CT molecular complexity index is 961. The molecule has 2 aromatic rings. The van der Waals surface area contributed by atoms with E-state index < -0.39 is 18.3 Å². The molecule has 118 valence electrons. The van der Waals surface area contributed by atoms with Gasteiger partial charge in [0.25, 0.3) is 0 Å². The van der Waals surface area contributed by atoms with E-state index in [9.17, 15) is 19.9 Å². The molecule has 0 saturated heterocycles. The first-order chi connectivity index (χ1) is 11.6. The summed E-state index contributed by atoms with van der Waals surface area (Å²) in [4.78, 5) is 11.7. The van der Waals surface area contributed by atoms with Gasteiger partial charge in [0.2, 0.25) is 5.43 Å². The van der Waals surface area contributed by atoms with Crippen LogP contribution in [0.1, 0.15) is 12.0 Å². The summed E-state index contributed by atoms with van der Waals surface area (Å²) >= 11 is 0. The summed E-state index contributed by atoms with van der Waals surface area (Å²) in [5.41, 5.74) is 1.52. The van der Waals surface area contributed by atoms with Gasteiger partial charge < -0.3 is 19.7 Å². The molecule has 0 unspecified atom stereocenters. The maximum atomic E-state index is 11.7.